The SMILES string of the molecule is CCCOc1ccc(-c2nc(C(=O)N3CCOCC3C(=O)O)cs2)cc1. The normalized spacial score (nSPS) is 17.1. The molecular formula is C18H20N2O5S. The minimum atomic E-state index is -1.07. The molecule has 2 heterocycles. The maximum absolute atomic E-state index is 12.7. The summed E-state index contributed by atoms with van der Waals surface area (Å²) in [7, 11) is 0. The predicted octanol–water partition coefficient (Wildman–Crippen LogP) is 2.52. The Labute approximate surface area is 155 Å². The fraction of sp³-hybridized carbons (Fsp3) is 0.389. The van der Waals surface area contributed by atoms with Crippen LogP contribution in [0.25, 0.3) is 10.6 Å². The zero-order chi connectivity index (χ0) is 18.5. The van der Waals surface area contributed by atoms with E-state index in [1.165, 1.54) is 16.2 Å². The molecule has 1 aliphatic rings. The lowest BCUT2D eigenvalue weighted by molar-refractivity contribution is -0.147. The van der Waals surface area contributed by atoms with Gasteiger partial charge in [-0.2, -0.15) is 0 Å². The summed E-state index contributed by atoms with van der Waals surface area (Å²) in [6.45, 7) is 3.28. The molecule has 138 valence electrons. The molecule has 1 atom stereocenters. The maximum Gasteiger partial charge on any atom is 0.328 e. The van der Waals surface area contributed by atoms with Gasteiger partial charge in [0.1, 0.15) is 16.5 Å². The van der Waals surface area contributed by atoms with Crippen LogP contribution in [0.5, 0.6) is 5.75 Å². The average Bonchev–Trinajstić information content (AvgIpc) is 3.16. The lowest BCUT2D eigenvalue weighted by atomic mass is 10.2. The smallest absolute Gasteiger partial charge is 0.328 e. The maximum atomic E-state index is 12.7. The first-order valence-corrected chi connectivity index (χ1v) is 9.28. The van der Waals surface area contributed by atoms with E-state index in [4.69, 9.17) is 9.47 Å². The van der Waals surface area contributed by atoms with Crippen LogP contribution in [0.15, 0.2) is 29.6 Å². The molecule has 1 amide bonds. The van der Waals surface area contributed by atoms with Crippen LogP contribution in [0, 0.1) is 0 Å². The lowest BCUT2D eigenvalue weighted by Crippen LogP contribution is -2.52. The number of amides is 1. The average molecular weight is 376 g/mol. The number of morpholine rings is 1. The third-order valence-corrected chi connectivity index (χ3v) is 4.86. The van der Waals surface area contributed by atoms with E-state index < -0.39 is 12.0 Å². The Kier molecular flexibility index (Phi) is 5.85. The van der Waals surface area contributed by atoms with E-state index in [1.54, 1.807) is 5.38 Å². The Hall–Kier alpha value is -2.45. The topological polar surface area (TPSA) is 89.0 Å². The van der Waals surface area contributed by atoms with Gasteiger partial charge in [0, 0.05) is 17.5 Å². The van der Waals surface area contributed by atoms with Gasteiger partial charge in [0.15, 0.2) is 6.04 Å². The molecule has 3 rings (SSSR count). The minimum Gasteiger partial charge on any atom is -0.494 e. The standard InChI is InChI=1S/C18H20N2O5S/c1-2-8-25-13-5-3-12(4-6-13)16-19-14(11-26-16)17(21)20-7-9-24-10-15(20)18(22)23/h3-6,11,15H,2,7-10H2,1H3,(H,22,23). The van der Waals surface area contributed by atoms with Gasteiger partial charge in [0.2, 0.25) is 0 Å². The van der Waals surface area contributed by atoms with Crippen molar-refractivity contribution in [3.8, 4) is 16.3 Å². The third kappa shape index (κ3) is 4.03. The Morgan fingerprint density at radius 2 is 2.15 bits per heavy atom. The van der Waals surface area contributed by atoms with Gasteiger partial charge in [-0.1, -0.05) is 6.92 Å². The van der Waals surface area contributed by atoms with Crippen LogP contribution < -0.4 is 4.74 Å². The number of nitrogens with zero attached hydrogens (tertiary/aromatic N) is 2. The fourth-order valence-electron chi connectivity index (χ4n) is 2.62. The number of hydrogen-bond donors (Lipinski definition) is 1. The van der Waals surface area contributed by atoms with Crippen LogP contribution in [-0.4, -0.2) is 59.3 Å². The molecular weight excluding hydrogens is 356 g/mol. The molecule has 26 heavy (non-hydrogen) atoms. The monoisotopic (exact) mass is 376 g/mol. The van der Waals surface area contributed by atoms with E-state index in [0.29, 0.717) is 18.2 Å². The van der Waals surface area contributed by atoms with Crippen LogP contribution in [0.3, 0.4) is 0 Å². The lowest BCUT2D eigenvalue weighted by Gasteiger charge is -2.32. The van der Waals surface area contributed by atoms with Crippen LogP contribution in [0.2, 0.25) is 0 Å². The van der Waals surface area contributed by atoms with E-state index in [1.807, 2.05) is 31.2 Å². The molecule has 1 fully saturated rings. The van der Waals surface area contributed by atoms with Gasteiger partial charge in [0.05, 0.1) is 19.8 Å². The molecule has 7 nitrogen and oxygen atoms in total. The molecule has 1 aromatic heterocycles. The van der Waals surface area contributed by atoms with Gasteiger partial charge in [-0.25, -0.2) is 9.78 Å². The summed E-state index contributed by atoms with van der Waals surface area (Å²) in [6, 6.07) is 6.56. The fourth-order valence-corrected chi connectivity index (χ4v) is 3.42. The highest BCUT2D eigenvalue weighted by atomic mass is 32.1. The minimum absolute atomic E-state index is 0.00269. The second-order valence-electron chi connectivity index (χ2n) is 5.84. The number of carboxylic acid groups (broad SMARTS) is 1. The number of rotatable bonds is 6. The van der Waals surface area contributed by atoms with E-state index >= 15 is 0 Å². The number of aliphatic carboxylic acids is 1. The Morgan fingerprint density at radius 3 is 2.85 bits per heavy atom. The van der Waals surface area contributed by atoms with Crippen LogP contribution in [-0.2, 0) is 9.53 Å². The Balaban J connectivity index is 1.74. The van der Waals surface area contributed by atoms with Crippen molar-refractivity contribution in [2.75, 3.05) is 26.4 Å². The van der Waals surface area contributed by atoms with Gasteiger partial charge in [0.25, 0.3) is 5.91 Å². The highest BCUT2D eigenvalue weighted by Gasteiger charge is 2.34. The second-order valence-corrected chi connectivity index (χ2v) is 6.70. The van der Waals surface area contributed by atoms with Crippen LogP contribution in [0.4, 0.5) is 0 Å². The van der Waals surface area contributed by atoms with E-state index in [-0.39, 0.29) is 24.8 Å². The first-order chi connectivity index (χ1) is 12.6. The van der Waals surface area contributed by atoms with Crippen molar-refractivity contribution in [1.29, 1.82) is 0 Å². The summed E-state index contributed by atoms with van der Waals surface area (Å²) in [6.07, 6.45) is 0.943. The number of thiazole rings is 1. The highest BCUT2D eigenvalue weighted by Crippen LogP contribution is 2.26. The van der Waals surface area contributed by atoms with Gasteiger partial charge in [-0.15, -0.1) is 11.3 Å². The van der Waals surface area contributed by atoms with Crippen molar-refractivity contribution >= 4 is 23.2 Å². The predicted molar refractivity (Wildman–Crippen MR) is 96.6 cm³/mol. The summed E-state index contributed by atoms with van der Waals surface area (Å²) in [4.78, 5) is 29.7. The number of carboxylic acids is 1. The van der Waals surface area contributed by atoms with Crippen molar-refractivity contribution in [1.82, 2.24) is 9.88 Å². The van der Waals surface area contributed by atoms with E-state index in [0.717, 1.165) is 17.7 Å². The van der Waals surface area contributed by atoms with Crippen molar-refractivity contribution in [3.05, 3.63) is 35.3 Å². The number of carbonyl (C=O) groups excluding carboxylic acids is 1. The van der Waals surface area contributed by atoms with Gasteiger partial charge in [-0.3, -0.25) is 4.79 Å². The van der Waals surface area contributed by atoms with Crippen LogP contribution >= 0.6 is 11.3 Å². The highest BCUT2D eigenvalue weighted by molar-refractivity contribution is 7.13. The molecule has 1 saturated heterocycles. The van der Waals surface area contributed by atoms with Crippen molar-refractivity contribution in [3.63, 3.8) is 0 Å². The number of carbonyl (C=O) groups is 2. The molecule has 8 heteroatoms. The summed E-state index contributed by atoms with van der Waals surface area (Å²) < 4.78 is 10.7. The molecule has 2 aromatic rings. The van der Waals surface area contributed by atoms with Crippen molar-refractivity contribution in [2.24, 2.45) is 0 Å². The summed E-state index contributed by atoms with van der Waals surface area (Å²) in [5, 5.41) is 11.6. The van der Waals surface area contributed by atoms with Gasteiger partial charge in [-0.05, 0) is 30.7 Å². The number of hydrogen-bond acceptors (Lipinski definition) is 6. The zero-order valence-corrected chi connectivity index (χ0v) is 15.2. The molecule has 1 N–H and O–H groups in total. The van der Waals surface area contributed by atoms with E-state index in [2.05, 4.69) is 4.98 Å². The van der Waals surface area contributed by atoms with E-state index in [9.17, 15) is 14.7 Å². The molecule has 1 aromatic carbocycles. The first kappa shape index (κ1) is 18.3. The Morgan fingerprint density at radius 1 is 1.38 bits per heavy atom. The number of ether oxygens (including phenoxy) is 2. The van der Waals surface area contributed by atoms with Crippen molar-refractivity contribution in [2.45, 2.75) is 19.4 Å². The number of aromatic nitrogens is 1. The second kappa shape index (κ2) is 8.29. The molecule has 1 unspecified atom stereocenters. The molecule has 0 spiro atoms. The first-order valence-electron chi connectivity index (χ1n) is 8.40. The third-order valence-electron chi connectivity index (χ3n) is 3.97. The quantitative estimate of drug-likeness (QED) is 0.833. The van der Waals surface area contributed by atoms with Crippen molar-refractivity contribution < 1.29 is 24.2 Å². The largest absolute Gasteiger partial charge is 0.494 e. The Bertz CT molecular complexity index is 774. The molecule has 0 aliphatic carbocycles. The molecule has 0 radical (unpaired) electrons. The zero-order valence-electron chi connectivity index (χ0n) is 14.4. The van der Waals surface area contributed by atoms with Gasteiger partial charge < -0.3 is 19.5 Å². The van der Waals surface area contributed by atoms with Gasteiger partial charge >= 0.3 is 5.97 Å². The summed E-state index contributed by atoms with van der Waals surface area (Å²) in [5.41, 5.74) is 1.14. The molecule has 0 saturated carbocycles. The number of benzene rings is 1. The molecule has 0 bridgehead atoms. The summed E-state index contributed by atoms with van der Waals surface area (Å²) >= 11 is 1.35. The molecule has 1 aliphatic heterocycles. The summed E-state index contributed by atoms with van der Waals surface area (Å²) in [5.74, 6) is -0.664. The van der Waals surface area contributed by atoms with Crippen LogP contribution in [0.1, 0.15) is 23.8 Å².